The van der Waals surface area contributed by atoms with Crippen LogP contribution in [0.5, 0.6) is 0 Å². The van der Waals surface area contributed by atoms with Gasteiger partial charge in [-0.2, -0.15) is 0 Å². The molecule has 1 atom stereocenters. The van der Waals surface area contributed by atoms with Crippen LogP contribution >= 0.6 is 0 Å². The van der Waals surface area contributed by atoms with E-state index in [1.54, 1.807) is 0 Å². The number of rotatable bonds is 5. The molecular formula is C10H20N2. The minimum Gasteiger partial charge on any atom is -0.327 e. The van der Waals surface area contributed by atoms with Gasteiger partial charge in [0.2, 0.25) is 0 Å². The van der Waals surface area contributed by atoms with Crippen LogP contribution in [0.15, 0.2) is 0 Å². The molecule has 1 unspecified atom stereocenters. The van der Waals surface area contributed by atoms with Gasteiger partial charge in [-0.15, -0.1) is 0 Å². The second-order valence-electron chi connectivity index (χ2n) is 4.74. The Morgan fingerprint density at radius 1 is 1.50 bits per heavy atom. The van der Waals surface area contributed by atoms with Gasteiger partial charge in [0.25, 0.3) is 0 Å². The van der Waals surface area contributed by atoms with E-state index in [1.165, 1.54) is 32.2 Å². The summed E-state index contributed by atoms with van der Waals surface area (Å²) in [6.07, 6.45) is 5.90. The second kappa shape index (κ2) is 3.00. The first-order valence-corrected chi connectivity index (χ1v) is 5.19. The fraction of sp³-hybridized carbons (Fsp3) is 1.00. The van der Waals surface area contributed by atoms with Crippen LogP contribution in [0, 0.1) is 11.3 Å². The number of nitrogens with two attached hydrogens (primary N) is 1. The van der Waals surface area contributed by atoms with Crippen molar-refractivity contribution in [3.05, 3.63) is 0 Å². The molecule has 0 heterocycles. The number of nitrogens with one attached hydrogen (secondary N) is 1. The van der Waals surface area contributed by atoms with Crippen LogP contribution in [0.25, 0.3) is 0 Å². The van der Waals surface area contributed by atoms with Gasteiger partial charge < -0.3 is 11.1 Å². The highest BCUT2D eigenvalue weighted by Gasteiger charge is 2.53. The van der Waals surface area contributed by atoms with Crippen molar-refractivity contribution in [2.24, 2.45) is 17.1 Å². The predicted octanol–water partition coefficient (Wildman–Crippen LogP) is 1.11. The van der Waals surface area contributed by atoms with Crippen LogP contribution in [0.1, 0.15) is 32.6 Å². The zero-order valence-corrected chi connectivity index (χ0v) is 7.97. The molecule has 2 rings (SSSR count). The van der Waals surface area contributed by atoms with Gasteiger partial charge in [-0.3, -0.25) is 0 Å². The van der Waals surface area contributed by atoms with Crippen LogP contribution in [0.2, 0.25) is 0 Å². The van der Waals surface area contributed by atoms with Crippen LogP contribution < -0.4 is 11.1 Å². The largest absolute Gasteiger partial charge is 0.327 e. The van der Waals surface area contributed by atoms with Crippen molar-refractivity contribution in [2.75, 3.05) is 13.1 Å². The van der Waals surface area contributed by atoms with E-state index in [1.807, 2.05) is 0 Å². The van der Waals surface area contributed by atoms with Gasteiger partial charge in [-0.25, -0.2) is 0 Å². The Balaban J connectivity index is 1.65. The summed E-state index contributed by atoms with van der Waals surface area (Å²) in [5, 5.41) is 3.48. The molecule has 0 spiro atoms. The highest BCUT2D eigenvalue weighted by atomic mass is 14.9. The molecule has 0 aromatic rings. The van der Waals surface area contributed by atoms with Crippen LogP contribution in [-0.2, 0) is 0 Å². The van der Waals surface area contributed by atoms with E-state index in [9.17, 15) is 0 Å². The van der Waals surface area contributed by atoms with Crippen molar-refractivity contribution in [3.8, 4) is 0 Å². The maximum absolute atomic E-state index is 5.67. The third-order valence-electron chi connectivity index (χ3n) is 3.28. The molecule has 0 aromatic carbocycles. The van der Waals surface area contributed by atoms with Crippen molar-refractivity contribution in [3.63, 3.8) is 0 Å². The molecular weight excluding hydrogens is 148 g/mol. The molecule has 2 nitrogen and oxygen atoms in total. The fourth-order valence-corrected chi connectivity index (χ4v) is 2.13. The SMILES string of the molecule is CC(N)CNCC1(C2CC2)CC1. The summed E-state index contributed by atoms with van der Waals surface area (Å²) in [4.78, 5) is 0. The molecule has 2 aliphatic carbocycles. The van der Waals surface area contributed by atoms with E-state index in [0.717, 1.165) is 17.9 Å². The Bertz CT molecular complexity index is 157. The summed E-state index contributed by atoms with van der Waals surface area (Å²) in [6.45, 7) is 4.26. The van der Waals surface area contributed by atoms with E-state index >= 15 is 0 Å². The molecule has 0 radical (unpaired) electrons. The Kier molecular flexibility index (Phi) is 2.13. The van der Waals surface area contributed by atoms with Gasteiger partial charge >= 0.3 is 0 Å². The summed E-state index contributed by atoms with van der Waals surface area (Å²) in [5.41, 5.74) is 6.40. The zero-order chi connectivity index (χ0) is 8.60. The highest BCUT2D eigenvalue weighted by molar-refractivity contribution is 5.05. The zero-order valence-electron chi connectivity index (χ0n) is 7.97. The summed E-state index contributed by atoms with van der Waals surface area (Å²) in [7, 11) is 0. The topological polar surface area (TPSA) is 38.0 Å². The first-order valence-electron chi connectivity index (χ1n) is 5.19. The lowest BCUT2D eigenvalue weighted by Gasteiger charge is -2.15. The number of hydrogen-bond acceptors (Lipinski definition) is 2. The lowest BCUT2D eigenvalue weighted by Crippen LogP contribution is -2.35. The molecule has 3 N–H and O–H groups in total. The van der Waals surface area contributed by atoms with Gasteiger partial charge in [0.05, 0.1) is 0 Å². The Labute approximate surface area is 74.9 Å². The van der Waals surface area contributed by atoms with Crippen molar-refractivity contribution in [2.45, 2.75) is 38.6 Å². The monoisotopic (exact) mass is 168 g/mol. The molecule has 0 bridgehead atoms. The molecule has 0 aromatic heterocycles. The summed E-state index contributed by atoms with van der Waals surface area (Å²) in [6, 6.07) is 0.306. The summed E-state index contributed by atoms with van der Waals surface area (Å²) < 4.78 is 0. The van der Waals surface area contributed by atoms with E-state index in [4.69, 9.17) is 5.73 Å². The van der Waals surface area contributed by atoms with Crippen LogP contribution in [0.4, 0.5) is 0 Å². The standard InChI is InChI=1S/C10H20N2/c1-8(11)6-12-7-10(4-5-10)9-2-3-9/h8-9,12H,2-7,11H2,1H3. The highest BCUT2D eigenvalue weighted by Crippen LogP contribution is 2.60. The summed E-state index contributed by atoms with van der Waals surface area (Å²) >= 11 is 0. The molecule has 0 aliphatic heterocycles. The summed E-state index contributed by atoms with van der Waals surface area (Å²) in [5.74, 6) is 1.07. The van der Waals surface area contributed by atoms with Gasteiger partial charge in [0.1, 0.15) is 0 Å². The minimum atomic E-state index is 0.306. The first kappa shape index (κ1) is 8.52. The Morgan fingerprint density at radius 3 is 2.58 bits per heavy atom. The second-order valence-corrected chi connectivity index (χ2v) is 4.74. The molecule has 2 saturated carbocycles. The fourth-order valence-electron chi connectivity index (χ4n) is 2.13. The van der Waals surface area contributed by atoms with E-state index < -0.39 is 0 Å². The van der Waals surface area contributed by atoms with E-state index in [2.05, 4.69) is 12.2 Å². The average Bonchev–Trinajstić information content (AvgIpc) is 2.82. The smallest absolute Gasteiger partial charge is 0.0136 e. The van der Waals surface area contributed by atoms with Gasteiger partial charge in [0, 0.05) is 19.1 Å². The molecule has 2 heteroatoms. The lowest BCUT2D eigenvalue weighted by molar-refractivity contribution is 0.399. The minimum absolute atomic E-state index is 0.306. The molecule has 2 fully saturated rings. The molecule has 70 valence electrons. The lowest BCUT2D eigenvalue weighted by atomic mass is 10.0. The van der Waals surface area contributed by atoms with Gasteiger partial charge in [-0.05, 0) is 43.9 Å². The van der Waals surface area contributed by atoms with Crippen LogP contribution in [0.3, 0.4) is 0 Å². The van der Waals surface area contributed by atoms with E-state index in [0.29, 0.717) is 6.04 Å². The third-order valence-corrected chi connectivity index (χ3v) is 3.28. The number of hydrogen-bond donors (Lipinski definition) is 2. The third kappa shape index (κ3) is 1.80. The van der Waals surface area contributed by atoms with E-state index in [-0.39, 0.29) is 0 Å². The maximum Gasteiger partial charge on any atom is 0.0136 e. The maximum atomic E-state index is 5.67. The van der Waals surface area contributed by atoms with Crippen molar-refractivity contribution < 1.29 is 0 Å². The molecule has 2 aliphatic rings. The van der Waals surface area contributed by atoms with Crippen molar-refractivity contribution in [1.29, 1.82) is 0 Å². The quantitative estimate of drug-likeness (QED) is 0.645. The predicted molar refractivity (Wildman–Crippen MR) is 50.9 cm³/mol. The van der Waals surface area contributed by atoms with Crippen molar-refractivity contribution >= 4 is 0 Å². The molecule has 12 heavy (non-hydrogen) atoms. The molecule has 0 saturated heterocycles. The normalized spacial score (nSPS) is 28.5. The Hall–Kier alpha value is -0.0800. The van der Waals surface area contributed by atoms with Crippen LogP contribution in [-0.4, -0.2) is 19.1 Å². The van der Waals surface area contributed by atoms with Gasteiger partial charge in [-0.1, -0.05) is 0 Å². The van der Waals surface area contributed by atoms with Gasteiger partial charge in [0.15, 0.2) is 0 Å². The first-order chi connectivity index (χ1) is 5.73. The van der Waals surface area contributed by atoms with Crippen molar-refractivity contribution in [1.82, 2.24) is 5.32 Å². The molecule has 0 amide bonds. The Morgan fingerprint density at radius 2 is 2.17 bits per heavy atom. The average molecular weight is 168 g/mol.